The van der Waals surface area contributed by atoms with Gasteiger partial charge in [-0.05, 0) is 49.3 Å². The van der Waals surface area contributed by atoms with Crippen LogP contribution in [0.5, 0.6) is 0 Å². The zero-order chi connectivity index (χ0) is 14.3. The number of hydrogen-bond acceptors (Lipinski definition) is 2. The van der Waals surface area contributed by atoms with Crippen LogP contribution in [0.15, 0.2) is 24.3 Å². The Bertz CT molecular complexity index is 547. The van der Waals surface area contributed by atoms with Crippen molar-refractivity contribution in [3.63, 3.8) is 0 Å². The van der Waals surface area contributed by atoms with Crippen LogP contribution in [0.3, 0.4) is 0 Å². The Morgan fingerprint density at radius 1 is 1.25 bits per heavy atom. The largest absolute Gasteiger partial charge is 0.480 e. The van der Waals surface area contributed by atoms with Crippen LogP contribution in [-0.4, -0.2) is 23.0 Å². The summed E-state index contributed by atoms with van der Waals surface area (Å²) in [5.41, 5.74) is 0.368. The number of benzene rings is 1. The molecule has 1 unspecified atom stereocenters. The molecule has 1 aromatic rings. The molecule has 2 fully saturated rings. The summed E-state index contributed by atoms with van der Waals surface area (Å²) in [6, 6.07) is 6.48. The van der Waals surface area contributed by atoms with E-state index in [1.165, 1.54) is 0 Å². The van der Waals surface area contributed by atoms with Gasteiger partial charge in [-0.25, -0.2) is 4.79 Å². The quantitative estimate of drug-likeness (QED) is 0.876. The van der Waals surface area contributed by atoms with E-state index in [1.807, 2.05) is 12.1 Å². The third-order valence-electron chi connectivity index (χ3n) is 4.23. The first kappa shape index (κ1) is 13.4. The maximum absolute atomic E-state index is 12.5. The predicted molar refractivity (Wildman–Crippen MR) is 74.7 cm³/mol. The standard InChI is InChI=1S/C15H16ClNO3/c16-11-5-3-10(4-6-11)15(7-8-15)14(20)17-12(13(18)19)9-1-2-9/h3-6,9,12H,1-2,7-8H2,(H,17,20)(H,18,19). The van der Waals surface area contributed by atoms with Gasteiger partial charge in [0.05, 0.1) is 5.41 Å². The van der Waals surface area contributed by atoms with Crippen molar-refractivity contribution < 1.29 is 14.7 Å². The van der Waals surface area contributed by atoms with Crippen molar-refractivity contribution in [3.05, 3.63) is 34.9 Å². The smallest absolute Gasteiger partial charge is 0.326 e. The number of rotatable bonds is 5. The minimum absolute atomic E-state index is 0.0949. The van der Waals surface area contributed by atoms with Gasteiger partial charge >= 0.3 is 5.97 Å². The number of carbonyl (C=O) groups is 2. The van der Waals surface area contributed by atoms with Gasteiger partial charge in [0.1, 0.15) is 6.04 Å². The van der Waals surface area contributed by atoms with Crippen molar-refractivity contribution in [3.8, 4) is 0 Å². The van der Waals surface area contributed by atoms with Gasteiger partial charge in [-0.2, -0.15) is 0 Å². The average Bonchev–Trinajstić information content (AvgIpc) is 3.27. The molecule has 0 aromatic heterocycles. The highest BCUT2D eigenvalue weighted by atomic mass is 35.5. The van der Waals surface area contributed by atoms with Gasteiger partial charge < -0.3 is 10.4 Å². The van der Waals surface area contributed by atoms with Gasteiger partial charge in [0.25, 0.3) is 0 Å². The highest BCUT2D eigenvalue weighted by Gasteiger charge is 2.52. The van der Waals surface area contributed by atoms with Crippen molar-refractivity contribution in [2.24, 2.45) is 5.92 Å². The fourth-order valence-electron chi connectivity index (χ4n) is 2.63. The molecule has 0 heterocycles. The van der Waals surface area contributed by atoms with E-state index in [9.17, 15) is 14.7 Å². The molecule has 3 rings (SSSR count). The Morgan fingerprint density at radius 3 is 2.30 bits per heavy atom. The van der Waals surface area contributed by atoms with Gasteiger partial charge in [-0.3, -0.25) is 4.79 Å². The van der Waals surface area contributed by atoms with Crippen molar-refractivity contribution >= 4 is 23.5 Å². The fraction of sp³-hybridized carbons (Fsp3) is 0.467. The van der Waals surface area contributed by atoms with E-state index < -0.39 is 17.4 Å². The van der Waals surface area contributed by atoms with E-state index in [1.54, 1.807) is 12.1 Å². The molecule has 1 amide bonds. The van der Waals surface area contributed by atoms with Crippen LogP contribution in [0.1, 0.15) is 31.2 Å². The van der Waals surface area contributed by atoms with E-state index in [2.05, 4.69) is 5.32 Å². The van der Waals surface area contributed by atoms with Crippen LogP contribution in [0.4, 0.5) is 0 Å². The minimum atomic E-state index is -0.937. The summed E-state index contributed by atoms with van der Waals surface area (Å²) < 4.78 is 0. The van der Waals surface area contributed by atoms with E-state index in [0.717, 1.165) is 31.2 Å². The molecule has 0 aliphatic heterocycles. The Morgan fingerprint density at radius 2 is 1.85 bits per heavy atom. The number of carbonyl (C=O) groups excluding carboxylic acids is 1. The van der Waals surface area contributed by atoms with Crippen LogP contribution in [0.25, 0.3) is 0 Å². The molecular formula is C15H16ClNO3. The number of aliphatic carboxylic acids is 1. The van der Waals surface area contributed by atoms with Crippen molar-refractivity contribution in [1.29, 1.82) is 0 Å². The van der Waals surface area contributed by atoms with Crippen molar-refractivity contribution in [2.75, 3.05) is 0 Å². The van der Waals surface area contributed by atoms with E-state index in [0.29, 0.717) is 5.02 Å². The Labute approximate surface area is 122 Å². The molecule has 2 aliphatic carbocycles. The van der Waals surface area contributed by atoms with Crippen LogP contribution in [-0.2, 0) is 15.0 Å². The Hall–Kier alpha value is -1.55. The third-order valence-corrected chi connectivity index (χ3v) is 4.48. The maximum Gasteiger partial charge on any atom is 0.326 e. The second-order valence-electron chi connectivity index (χ2n) is 5.72. The Balaban J connectivity index is 1.76. The van der Waals surface area contributed by atoms with Crippen molar-refractivity contribution in [1.82, 2.24) is 5.32 Å². The molecule has 0 spiro atoms. The normalized spacial score (nSPS) is 21.1. The summed E-state index contributed by atoms with van der Waals surface area (Å²) in [6.45, 7) is 0. The first-order chi connectivity index (χ1) is 9.53. The summed E-state index contributed by atoms with van der Waals surface area (Å²) in [5.74, 6) is -1.01. The molecule has 1 atom stereocenters. The molecule has 0 radical (unpaired) electrons. The first-order valence-electron chi connectivity index (χ1n) is 6.83. The lowest BCUT2D eigenvalue weighted by Gasteiger charge is -2.20. The summed E-state index contributed by atoms with van der Waals surface area (Å²) in [6.07, 6.45) is 3.28. The minimum Gasteiger partial charge on any atom is -0.480 e. The molecule has 0 bridgehead atoms. The maximum atomic E-state index is 12.5. The van der Waals surface area contributed by atoms with Crippen LogP contribution in [0.2, 0.25) is 5.02 Å². The fourth-order valence-corrected chi connectivity index (χ4v) is 2.76. The molecule has 106 valence electrons. The second kappa shape index (κ2) is 4.77. The molecule has 1 aromatic carbocycles. The molecule has 20 heavy (non-hydrogen) atoms. The lowest BCUT2D eigenvalue weighted by Crippen LogP contribution is -2.46. The molecule has 5 heteroatoms. The van der Waals surface area contributed by atoms with Crippen molar-refractivity contribution in [2.45, 2.75) is 37.1 Å². The van der Waals surface area contributed by atoms with Gasteiger partial charge in [0.2, 0.25) is 5.91 Å². The number of nitrogens with one attached hydrogen (secondary N) is 1. The SMILES string of the molecule is O=C(O)C(NC(=O)C1(c2ccc(Cl)cc2)CC1)C1CC1. The number of amides is 1. The van der Waals surface area contributed by atoms with Gasteiger partial charge in [-0.15, -0.1) is 0 Å². The highest BCUT2D eigenvalue weighted by molar-refractivity contribution is 6.30. The molecular weight excluding hydrogens is 278 g/mol. The lowest BCUT2D eigenvalue weighted by atomic mass is 9.94. The number of hydrogen-bond donors (Lipinski definition) is 2. The molecule has 4 nitrogen and oxygen atoms in total. The van der Waals surface area contributed by atoms with Gasteiger partial charge in [0, 0.05) is 5.02 Å². The van der Waals surface area contributed by atoms with Gasteiger partial charge in [-0.1, -0.05) is 23.7 Å². The number of carboxylic acids is 1. The van der Waals surface area contributed by atoms with E-state index in [-0.39, 0.29) is 11.8 Å². The molecule has 2 aliphatic rings. The molecule has 2 N–H and O–H groups in total. The van der Waals surface area contributed by atoms with E-state index >= 15 is 0 Å². The van der Waals surface area contributed by atoms with Crippen LogP contribution in [0, 0.1) is 5.92 Å². The highest BCUT2D eigenvalue weighted by Crippen LogP contribution is 2.49. The topological polar surface area (TPSA) is 66.4 Å². The third kappa shape index (κ3) is 2.40. The zero-order valence-corrected chi connectivity index (χ0v) is 11.7. The molecule has 0 saturated heterocycles. The van der Waals surface area contributed by atoms with Crippen LogP contribution < -0.4 is 5.32 Å². The summed E-state index contributed by atoms with van der Waals surface area (Å²) >= 11 is 5.86. The molecule has 2 saturated carbocycles. The number of halogens is 1. The summed E-state index contributed by atoms with van der Waals surface area (Å²) in [7, 11) is 0. The predicted octanol–water partition coefficient (Wildman–Crippen LogP) is 2.35. The summed E-state index contributed by atoms with van der Waals surface area (Å²) in [4.78, 5) is 23.7. The van der Waals surface area contributed by atoms with E-state index in [4.69, 9.17) is 11.6 Å². The monoisotopic (exact) mass is 293 g/mol. The van der Waals surface area contributed by atoms with Gasteiger partial charge in [0.15, 0.2) is 0 Å². The zero-order valence-electron chi connectivity index (χ0n) is 10.9. The number of carboxylic acid groups (broad SMARTS) is 1. The lowest BCUT2D eigenvalue weighted by molar-refractivity contribution is -0.142. The van der Waals surface area contributed by atoms with Crippen LogP contribution >= 0.6 is 11.6 Å². The summed E-state index contributed by atoms with van der Waals surface area (Å²) in [5, 5.41) is 12.5. The average molecular weight is 294 g/mol. The Kier molecular flexibility index (Phi) is 3.21. The second-order valence-corrected chi connectivity index (χ2v) is 6.15. The first-order valence-corrected chi connectivity index (χ1v) is 7.20.